The molecule has 0 bridgehead atoms. The third-order valence-corrected chi connectivity index (χ3v) is 4.48. The number of benzene rings is 1. The van der Waals surface area contributed by atoms with Crippen LogP contribution in [0.1, 0.15) is 20.8 Å². The second kappa shape index (κ2) is 7.22. The second-order valence-electron chi connectivity index (χ2n) is 7.39. The van der Waals surface area contributed by atoms with Crippen molar-refractivity contribution in [2.45, 2.75) is 32.5 Å². The number of ether oxygens (including phenoxy) is 3. The van der Waals surface area contributed by atoms with Gasteiger partial charge in [-0.3, -0.25) is 4.90 Å². The first kappa shape index (κ1) is 19.2. The Morgan fingerprint density at radius 2 is 2.15 bits per heavy atom. The number of likely N-dealkylation sites (N-methyl/N-ethyl adjacent to an activating group) is 1. The number of hydrogen-bond donors (Lipinski definition) is 1. The molecule has 2 amide bonds. The number of thiocarbonyl (C=S) groups is 1. The quantitative estimate of drug-likeness (QED) is 0.791. The topological polar surface area (TPSA) is 80.3 Å². The van der Waals surface area contributed by atoms with Crippen molar-refractivity contribution in [3.8, 4) is 5.75 Å². The van der Waals surface area contributed by atoms with Crippen molar-refractivity contribution < 1.29 is 23.8 Å². The summed E-state index contributed by atoms with van der Waals surface area (Å²) in [5.41, 5.74) is 0.937. The van der Waals surface area contributed by atoms with E-state index in [-0.39, 0.29) is 6.54 Å². The van der Waals surface area contributed by atoms with Crippen molar-refractivity contribution in [2.75, 3.05) is 36.5 Å². The van der Waals surface area contributed by atoms with Gasteiger partial charge in [0, 0.05) is 13.1 Å². The van der Waals surface area contributed by atoms with E-state index in [1.165, 1.54) is 4.90 Å². The molecular weight excluding hydrogens is 370 g/mol. The Morgan fingerprint density at radius 1 is 1.41 bits per heavy atom. The molecule has 2 heterocycles. The number of nitrogens with one attached hydrogen (secondary N) is 1. The number of hydrogen-bond acceptors (Lipinski definition) is 6. The molecule has 0 unspecified atom stereocenters. The van der Waals surface area contributed by atoms with E-state index in [1.54, 1.807) is 26.8 Å². The fourth-order valence-electron chi connectivity index (χ4n) is 2.78. The monoisotopic (exact) mass is 393 g/mol. The van der Waals surface area contributed by atoms with Gasteiger partial charge in [0.2, 0.25) is 0 Å². The zero-order valence-electron chi connectivity index (χ0n) is 15.8. The summed E-state index contributed by atoms with van der Waals surface area (Å²) in [6.45, 7) is 6.18. The highest BCUT2D eigenvalue weighted by molar-refractivity contribution is 7.80. The van der Waals surface area contributed by atoms with E-state index in [1.807, 2.05) is 24.1 Å². The summed E-state index contributed by atoms with van der Waals surface area (Å²) in [7, 11) is 1.88. The number of carbonyl (C=O) groups excluding carboxylic acids is 2. The van der Waals surface area contributed by atoms with Gasteiger partial charge in [0.25, 0.3) is 0 Å². The molecule has 1 fully saturated rings. The molecular formula is C18H23N3O5S. The van der Waals surface area contributed by atoms with E-state index >= 15 is 0 Å². The third-order valence-electron chi connectivity index (χ3n) is 4.09. The standard InChI is InChI=1S/C18H23N3O5S/c1-18(2,3)26-16(22)19-8-12-9-21(17(23)25-12)11-5-6-13-14(7-11)24-10-15(27)20(13)4/h5-7,12H,8-10H2,1-4H3,(H,19,22)/t12-/m0/s1. The van der Waals surface area contributed by atoms with Crippen LogP contribution in [0, 0.1) is 0 Å². The molecule has 1 aromatic carbocycles. The molecule has 146 valence electrons. The van der Waals surface area contributed by atoms with Crippen molar-refractivity contribution in [1.82, 2.24) is 5.32 Å². The Bertz CT molecular complexity index is 777. The van der Waals surface area contributed by atoms with Gasteiger partial charge in [0.1, 0.15) is 29.0 Å². The fraction of sp³-hybridized carbons (Fsp3) is 0.500. The lowest BCUT2D eigenvalue weighted by atomic mass is 10.2. The van der Waals surface area contributed by atoms with Crippen LogP contribution < -0.4 is 19.9 Å². The summed E-state index contributed by atoms with van der Waals surface area (Å²) in [6, 6.07) is 5.46. The summed E-state index contributed by atoms with van der Waals surface area (Å²) >= 11 is 5.23. The molecule has 0 aromatic heterocycles. The largest absolute Gasteiger partial charge is 0.484 e. The molecule has 0 saturated carbocycles. The van der Waals surface area contributed by atoms with E-state index in [0.29, 0.717) is 29.6 Å². The number of cyclic esters (lactones) is 1. The predicted octanol–water partition coefficient (Wildman–Crippen LogP) is 2.69. The van der Waals surface area contributed by atoms with E-state index in [0.717, 1.165) is 5.69 Å². The van der Waals surface area contributed by atoms with Gasteiger partial charge in [0.15, 0.2) is 0 Å². The molecule has 0 aliphatic carbocycles. The van der Waals surface area contributed by atoms with E-state index < -0.39 is 23.9 Å². The third kappa shape index (κ3) is 4.41. The zero-order chi connectivity index (χ0) is 19.8. The van der Waals surface area contributed by atoms with Gasteiger partial charge in [-0.1, -0.05) is 12.2 Å². The van der Waals surface area contributed by atoms with Crippen molar-refractivity contribution in [3.05, 3.63) is 18.2 Å². The van der Waals surface area contributed by atoms with Crippen LogP contribution in [0.3, 0.4) is 0 Å². The maximum absolute atomic E-state index is 12.2. The number of carbonyl (C=O) groups is 2. The van der Waals surface area contributed by atoms with Gasteiger partial charge in [-0.2, -0.15) is 0 Å². The van der Waals surface area contributed by atoms with Crippen LogP contribution >= 0.6 is 12.2 Å². The number of nitrogens with zero attached hydrogens (tertiary/aromatic N) is 2. The van der Waals surface area contributed by atoms with Crippen LogP contribution in [-0.2, 0) is 9.47 Å². The van der Waals surface area contributed by atoms with Crippen LogP contribution in [0.5, 0.6) is 5.75 Å². The smallest absolute Gasteiger partial charge is 0.414 e. The van der Waals surface area contributed by atoms with Crippen LogP contribution in [0.4, 0.5) is 21.0 Å². The Morgan fingerprint density at radius 3 is 2.85 bits per heavy atom. The van der Waals surface area contributed by atoms with Crippen LogP contribution in [0.15, 0.2) is 18.2 Å². The minimum atomic E-state index is -0.582. The molecule has 1 aromatic rings. The molecule has 2 aliphatic heterocycles. The molecule has 0 spiro atoms. The van der Waals surface area contributed by atoms with Crippen LogP contribution in [0.25, 0.3) is 0 Å². The summed E-state index contributed by atoms with van der Waals surface area (Å²) in [6.07, 6.45) is -1.47. The normalized spacial score (nSPS) is 19.3. The van der Waals surface area contributed by atoms with Crippen molar-refractivity contribution in [1.29, 1.82) is 0 Å². The number of alkyl carbamates (subject to hydrolysis) is 1. The van der Waals surface area contributed by atoms with Crippen molar-refractivity contribution >= 4 is 40.8 Å². The van der Waals surface area contributed by atoms with Crippen molar-refractivity contribution in [2.24, 2.45) is 0 Å². The Balaban J connectivity index is 1.63. The molecule has 1 saturated heterocycles. The van der Waals surface area contributed by atoms with Gasteiger partial charge in [-0.05, 0) is 32.9 Å². The van der Waals surface area contributed by atoms with Gasteiger partial charge < -0.3 is 24.4 Å². The highest BCUT2D eigenvalue weighted by Crippen LogP contribution is 2.36. The van der Waals surface area contributed by atoms with Gasteiger partial charge in [-0.15, -0.1) is 0 Å². The molecule has 3 rings (SSSR count). The number of amides is 2. The summed E-state index contributed by atoms with van der Waals surface area (Å²) in [4.78, 5) is 28.1. The maximum Gasteiger partial charge on any atom is 0.414 e. The van der Waals surface area contributed by atoms with Crippen LogP contribution in [0.2, 0.25) is 0 Å². The van der Waals surface area contributed by atoms with Crippen LogP contribution in [-0.4, -0.2) is 55.6 Å². The highest BCUT2D eigenvalue weighted by atomic mass is 32.1. The lowest BCUT2D eigenvalue weighted by Crippen LogP contribution is -2.38. The average Bonchev–Trinajstić information content (AvgIpc) is 2.95. The molecule has 27 heavy (non-hydrogen) atoms. The number of anilines is 2. The fourth-order valence-corrected chi connectivity index (χ4v) is 2.94. The lowest BCUT2D eigenvalue weighted by molar-refractivity contribution is 0.0496. The molecule has 9 heteroatoms. The number of fused-ring (bicyclic) bond motifs is 1. The molecule has 8 nitrogen and oxygen atoms in total. The van der Waals surface area contributed by atoms with Crippen molar-refractivity contribution in [3.63, 3.8) is 0 Å². The average molecular weight is 393 g/mol. The minimum absolute atomic E-state index is 0.176. The molecule has 1 N–H and O–H groups in total. The second-order valence-corrected chi connectivity index (χ2v) is 7.86. The highest BCUT2D eigenvalue weighted by Gasteiger charge is 2.34. The Hall–Kier alpha value is -2.55. The minimum Gasteiger partial charge on any atom is -0.484 e. The Labute approximate surface area is 163 Å². The lowest BCUT2D eigenvalue weighted by Gasteiger charge is -2.29. The molecule has 0 radical (unpaired) electrons. The summed E-state index contributed by atoms with van der Waals surface area (Å²) in [5.74, 6) is 0.659. The van der Waals surface area contributed by atoms with Gasteiger partial charge in [-0.25, -0.2) is 9.59 Å². The summed E-state index contributed by atoms with van der Waals surface area (Å²) < 4.78 is 16.2. The maximum atomic E-state index is 12.2. The number of rotatable bonds is 3. The van der Waals surface area contributed by atoms with E-state index in [9.17, 15) is 9.59 Å². The molecule has 1 atom stereocenters. The van der Waals surface area contributed by atoms with Gasteiger partial charge >= 0.3 is 12.2 Å². The Kier molecular flexibility index (Phi) is 5.14. The first-order valence-electron chi connectivity index (χ1n) is 8.62. The first-order chi connectivity index (χ1) is 12.6. The van der Waals surface area contributed by atoms with Gasteiger partial charge in [0.05, 0.1) is 24.5 Å². The SMILES string of the molecule is CN1C(=S)COc2cc(N3C[C@H](CNC(=O)OC(C)(C)C)OC3=O)ccc21. The van der Waals surface area contributed by atoms with E-state index in [2.05, 4.69) is 5.32 Å². The van der Waals surface area contributed by atoms with E-state index in [4.69, 9.17) is 26.4 Å². The molecule has 2 aliphatic rings. The first-order valence-corrected chi connectivity index (χ1v) is 9.03. The summed E-state index contributed by atoms with van der Waals surface area (Å²) in [5, 5.41) is 2.62. The predicted molar refractivity (Wildman–Crippen MR) is 105 cm³/mol. The zero-order valence-corrected chi connectivity index (χ0v) is 16.6.